The van der Waals surface area contributed by atoms with Crippen molar-refractivity contribution in [2.45, 2.75) is 0 Å². The normalized spacial score (nSPS) is 10.3. The number of hydrogen-bond donors (Lipinski definition) is 0. The van der Waals surface area contributed by atoms with Crippen LogP contribution in [-0.4, -0.2) is 4.98 Å². The van der Waals surface area contributed by atoms with Crippen molar-refractivity contribution in [2.75, 3.05) is 0 Å². The van der Waals surface area contributed by atoms with E-state index in [1.54, 1.807) is 12.3 Å². The zero-order valence-corrected chi connectivity index (χ0v) is 10.6. The Balaban J connectivity index is 2.54. The van der Waals surface area contributed by atoms with Crippen LogP contribution in [-0.2, 0) is 0 Å². The highest BCUT2D eigenvalue weighted by molar-refractivity contribution is 9.10. The lowest BCUT2D eigenvalue weighted by molar-refractivity contribution is 1.32. The molecule has 1 aromatic carbocycles. The van der Waals surface area contributed by atoms with Crippen molar-refractivity contribution in [1.29, 1.82) is 0 Å². The molecule has 0 aliphatic heterocycles. The van der Waals surface area contributed by atoms with Gasteiger partial charge in [0.05, 0.1) is 15.7 Å². The number of halogens is 3. The Morgan fingerprint density at radius 2 is 1.93 bits per heavy atom. The predicted molar refractivity (Wildman–Crippen MR) is 67.4 cm³/mol. The van der Waals surface area contributed by atoms with Gasteiger partial charge in [0.1, 0.15) is 0 Å². The second kappa shape index (κ2) is 4.52. The number of hydrogen-bond acceptors (Lipinski definition) is 1. The smallest absolute Gasteiger partial charge is 0.0889 e. The second-order valence-electron chi connectivity index (χ2n) is 2.99. The first kappa shape index (κ1) is 10.9. The van der Waals surface area contributed by atoms with Crippen LogP contribution in [0.4, 0.5) is 0 Å². The van der Waals surface area contributed by atoms with Crippen LogP contribution in [0.15, 0.2) is 41.0 Å². The minimum Gasteiger partial charge on any atom is -0.253 e. The summed E-state index contributed by atoms with van der Waals surface area (Å²) in [5, 5.41) is 1.10. The summed E-state index contributed by atoms with van der Waals surface area (Å²) < 4.78 is 0.993. The summed E-state index contributed by atoms with van der Waals surface area (Å²) in [5.41, 5.74) is 1.70. The van der Waals surface area contributed by atoms with Gasteiger partial charge in [-0.3, -0.25) is 4.98 Å². The van der Waals surface area contributed by atoms with E-state index in [9.17, 15) is 0 Å². The van der Waals surface area contributed by atoms with E-state index in [0.717, 1.165) is 15.7 Å². The lowest BCUT2D eigenvalue weighted by atomic mass is 10.1. The van der Waals surface area contributed by atoms with Gasteiger partial charge < -0.3 is 0 Å². The summed E-state index contributed by atoms with van der Waals surface area (Å²) in [4.78, 5) is 4.20. The van der Waals surface area contributed by atoms with Crippen LogP contribution < -0.4 is 0 Å². The summed E-state index contributed by atoms with van der Waals surface area (Å²) in [5.74, 6) is 0. The molecule has 0 bridgehead atoms. The Bertz CT molecular complexity index is 500. The number of benzene rings is 1. The molecule has 0 radical (unpaired) electrons. The molecule has 4 heteroatoms. The number of rotatable bonds is 1. The molecular formula is C11H6BrCl2N. The van der Waals surface area contributed by atoms with Gasteiger partial charge in [0, 0.05) is 16.2 Å². The van der Waals surface area contributed by atoms with Crippen LogP contribution in [0.1, 0.15) is 0 Å². The molecule has 2 aromatic rings. The number of aromatic nitrogens is 1. The van der Waals surface area contributed by atoms with Gasteiger partial charge in [-0.05, 0) is 18.2 Å². The molecule has 0 saturated carbocycles. The van der Waals surface area contributed by atoms with Crippen molar-refractivity contribution in [2.24, 2.45) is 0 Å². The highest BCUT2D eigenvalue weighted by Gasteiger charge is 2.05. The average molecular weight is 303 g/mol. The van der Waals surface area contributed by atoms with Crippen LogP contribution in [0, 0.1) is 0 Å². The van der Waals surface area contributed by atoms with E-state index in [2.05, 4.69) is 20.9 Å². The molecule has 1 aromatic heterocycles. The van der Waals surface area contributed by atoms with Crippen molar-refractivity contribution in [3.8, 4) is 11.3 Å². The van der Waals surface area contributed by atoms with Gasteiger partial charge in [0.2, 0.25) is 0 Å². The summed E-state index contributed by atoms with van der Waals surface area (Å²) in [6, 6.07) is 9.49. The molecule has 0 atom stereocenters. The van der Waals surface area contributed by atoms with Crippen molar-refractivity contribution in [1.82, 2.24) is 4.98 Å². The van der Waals surface area contributed by atoms with Crippen molar-refractivity contribution in [3.63, 3.8) is 0 Å². The van der Waals surface area contributed by atoms with Crippen LogP contribution >= 0.6 is 39.1 Å². The fourth-order valence-corrected chi connectivity index (χ4v) is 2.15. The molecule has 0 saturated heterocycles. The third kappa shape index (κ3) is 2.51. The van der Waals surface area contributed by atoms with E-state index in [1.807, 2.05) is 24.3 Å². The Labute approximate surface area is 106 Å². The number of pyridine rings is 1. The fraction of sp³-hybridized carbons (Fsp3) is 0. The zero-order valence-electron chi connectivity index (χ0n) is 7.55. The van der Waals surface area contributed by atoms with Gasteiger partial charge in [-0.15, -0.1) is 0 Å². The van der Waals surface area contributed by atoms with E-state index >= 15 is 0 Å². The molecule has 0 N–H and O–H groups in total. The third-order valence-electron chi connectivity index (χ3n) is 1.91. The van der Waals surface area contributed by atoms with Crippen LogP contribution in [0.2, 0.25) is 10.0 Å². The van der Waals surface area contributed by atoms with E-state index in [0.29, 0.717) is 10.0 Å². The monoisotopic (exact) mass is 301 g/mol. The van der Waals surface area contributed by atoms with Crippen molar-refractivity contribution in [3.05, 3.63) is 51.0 Å². The molecule has 1 heterocycles. The highest BCUT2D eigenvalue weighted by atomic mass is 79.9. The Morgan fingerprint density at radius 1 is 1.13 bits per heavy atom. The third-order valence-corrected chi connectivity index (χ3v) is 2.89. The number of nitrogens with zero attached hydrogens (tertiary/aromatic N) is 1. The first-order valence-corrected chi connectivity index (χ1v) is 5.79. The van der Waals surface area contributed by atoms with Gasteiger partial charge in [0.15, 0.2) is 0 Å². The molecule has 0 fully saturated rings. The van der Waals surface area contributed by atoms with E-state index < -0.39 is 0 Å². The standard InChI is InChI=1S/C11H6BrCl2N/c12-8-3-1-2-7(4-8)11-10(14)5-9(13)6-15-11/h1-6H. The van der Waals surface area contributed by atoms with Crippen LogP contribution in [0.5, 0.6) is 0 Å². The summed E-state index contributed by atoms with van der Waals surface area (Å²) in [7, 11) is 0. The lowest BCUT2D eigenvalue weighted by Gasteiger charge is -2.03. The molecule has 0 spiro atoms. The quantitative estimate of drug-likeness (QED) is 0.736. The average Bonchev–Trinajstić information content (AvgIpc) is 2.17. The van der Waals surface area contributed by atoms with Crippen molar-refractivity contribution < 1.29 is 0 Å². The maximum atomic E-state index is 6.05. The van der Waals surface area contributed by atoms with Gasteiger partial charge in [-0.25, -0.2) is 0 Å². The minimum absolute atomic E-state index is 0.541. The Kier molecular flexibility index (Phi) is 3.29. The molecule has 2 rings (SSSR count). The molecule has 0 amide bonds. The van der Waals surface area contributed by atoms with E-state index in [1.165, 1.54) is 0 Å². The highest BCUT2D eigenvalue weighted by Crippen LogP contribution is 2.29. The molecule has 15 heavy (non-hydrogen) atoms. The Hall–Kier alpha value is -0.570. The van der Waals surface area contributed by atoms with E-state index in [4.69, 9.17) is 23.2 Å². The molecular weight excluding hydrogens is 297 g/mol. The maximum absolute atomic E-state index is 6.05. The van der Waals surface area contributed by atoms with Crippen LogP contribution in [0.3, 0.4) is 0 Å². The molecule has 0 aliphatic rings. The topological polar surface area (TPSA) is 12.9 Å². The van der Waals surface area contributed by atoms with Crippen molar-refractivity contribution >= 4 is 39.1 Å². The summed E-state index contributed by atoms with van der Waals surface area (Å²) in [6.07, 6.45) is 1.59. The molecule has 1 nitrogen and oxygen atoms in total. The lowest BCUT2D eigenvalue weighted by Crippen LogP contribution is -1.84. The van der Waals surface area contributed by atoms with Crippen LogP contribution in [0.25, 0.3) is 11.3 Å². The van der Waals surface area contributed by atoms with Gasteiger partial charge in [-0.2, -0.15) is 0 Å². The molecule has 0 aliphatic carbocycles. The second-order valence-corrected chi connectivity index (χ2v) is 4.75. The minimum atomic E-state index is 0.541. The largest absolute Gasteiger partial charge is 0.253 e. The summed E-state index contributed by atoms with van der Waals surface area (Å²) >= 11 is 15.2. The molecule has 0 unspecified atom stereocenters. The van der Waals surface area contributed by atoms with Gasteiger partial charge in [0.25, 0.3) is 0 Å². The maximum Gasteiger partial charge on any atom is 0.0889 e. The van der Waals surface area contributed by atoms with Gasteiger partial charge in [-0.1, -0.05) is 51.3 Å². The first-order chi connectivity index (χ1) is 7.16. The molecule has 76 valence electrons. The SMILES string of the molecule is Clc1cnc(-c2cccc(Br)c2)c(Cl)c1. The predicted octanol–water partition coefficient (Wildman–Crippen LogP) is 4.82. The zero-order chi connectivity index (χ0) is 10.8. The van der Waals surface area contributed by atoms with Gasteiger partial charge >= 0.3 is 0 Å². The first-order valence-electron chi connectivity index (χ1n) is 4.24. The Morgan fingerprint density at radius 3 is 2.60 bits per heavy atom. The fourth-order valence-electron chi connectivity index (χ4n) is 1.26. The summed E-state index contributed by atoms with van der Waals surface area (Å²) in [6.45, 7) is 0. The van der Waals surface area contributed by atoms with E-state index in [-0.39, 0.29) is 0 Å².